The van der Waals surface area contributed by atoms with Crippen molar-refractivity contribution in [2.45, 2.75) is 38.8 Å². The number of methoxy groups -OCH3 is 1. The van der Waals surface area contributed by atoms with E-state index in [4.69, 9.17) is 4.74 Å². The molecule has 5 heteroatoms. The number of ether oxygens (including phenoxy) is 1. The van der Waals surface area contributed by atoms with Crippen molar-refractivity contribution < 1.29 is 4.74 Å². The average molecular weight is 229 g/mol. The highest BCUT2D eigenvalue weighted by atomic mass is 32.1. The standard InChI is InChI=1S/C10H19N3OS/c1-7(11-4)9-13-12-8(15-9)6-10(2,3)14-5/h7,11H,6H2,1-5H3. The second-order valence-corrected chi connectivity index (χ2v) is 5.28. The van der Waals surface area contributed by atoms with Gasteiger partial charge in [0.25, 0.3) is 0 Å². The summed E-state index contributed by atoms with van der Waals surface area (Å²) in [6.07, 6.45) is 0.803. The van der Waals surface area contributed by atoms with Gasteiger partial charge < -0.3 is 10.1 Å². The van der Waals surface area contributed by atoms with E-state index in [1.807, 2.05) is 7.05 Å². The van der Waals surface area contributed by atoms with Crippen LogP contribution in [0.15, 0.2) is 0 Å². The molecule has 1 aromatic heterocycles. The molecule has 0 bridgehead atoms. The normalized spacial score (nSPS) is 14.2. The summed E-state index contributed by atoms with van der Waals surface area (Å²) in [5.41, 5.74) is -0.167. The van der Waals surface area contributed by atoms with Gasteiger partial charge in [0.2, 0.25) is 0 Å². The molecular weight excluding hydrogens is 210 g/mol. The summed E-state index contributed by atoms with van der Waals surface area (Å²) >= 11 is 1.64. The third-order valence-electron chi connectivity index (χ3n) is 2.42. The van der Waals surface area contributed by atoms with Crippen LogP contribution >= 0.6 is 11.3 Å². The van der Waals surface area contributed by atoms with E-state index in [0.29, 0.717) is 0 Å². The maximum absolute atomic E-state index is 5.36. The van der Waals surface area contributed by atoms with Crippen molar-refractivity contribution >= 4 is 11.3 Å². The maximum atomic E-state index is 5.36. The topological polar surface area (TPSA) is 47.0 Å². The van der Waals surface area contributed by atoms with Crippen molar-refractivity contribution in [1.29, 1.82) is 0 Å². The molecule has 1 rings (SSSR count). The molecule has 0 aliphatic rings. The van der Waals surface area contributed by atoms with E-state index in [0.717, 1.165) is 16.4 Å². The zero-order valence-electron chi connectivity index (χ0n) is 10.00. The highest BCUT2D eigenvalue weighted by Gasteiger charge is 2.20. The van der Waals surface area contributed by atoms with Gasteiger partial charge in [-0.1, -0.05) is 11.3 Å². The first-order valence-corrected chi connectivity index (χ1v) is 5.85. The molecule has 0 aliphatic heterocycles. The lowest BCUT2D eigenvalue weighted by Gasteiger charge is -2.20. The van der Waals surface area contributed by atoms with E-state index >= 15 is 0 Å². The SMILES string of the molecule is CNC(C)c1nnc(CC(C)(C)OC)s1. The van der Waals surface area contributed by atoms with Gasteiger partial charge in [0.05, 0.1) is 11.6 Å². The minimum atomic E-state index is -0.167. The van der Waals surface area contributed by atoms with E-state index < -0.39 is 0 Å². The van der Waals surface area contributed by atoms with Gasteiger partial charge in [-0.05, 0) is 27.8 Å². The Morgan fingerprint density at radius 1 is 1.47 bits per heavy atom. The van der Waals surface area contributed by atoms with Gasteiger partial charge in [-0.2, -0.15) is 0 Å². The maximum Gasteiger partial charge on any atom is 0.134 e. The van der Waals surface area contributed by atoms with Crippen LogP contribution in [-0.2, 0) is 11.2 Å². The predicted molar refractivity (Wildman–Crippen MR) is 62.2 cm³/mol. The number of hydrogen-bond acceptors (Lipinski definition) is 5. The molecule has 0 amide bonds. The van der Waals surface area contributed by atoms with Gasteiger partial charge in [-0.3, -0.25) is 0 Å². The van der Waals surface area contributed by atoms with Crippen LogP contribution in [0.2, 0.25) is 0 Å². The van der Waals surface area contributed by atoms with Crippen molar-refractivity contribution in [3.05, 3.63) is 10.0 Å². The lowest BCUT2D eigenvalue weighted by Crippen LogP contribution is -2.25. The third kappa shape index (κ3) is 3.52. The Bertz CT molecular complexity index is 311. The van der Waals surface area contributed by atoms with E-state index in [1.165, 1.54) is 0 Å². The molecule has 15 heavy (non-hydrogen) atoms. The molecule has 1 unspecified atom stereocenters. The monoisotopic (exact) mass is 229 g/mol. The van der Waals surface area contributed by atoms with E-state index in [-0.39, 0.29) is 11.6 Å². The summed E-state index contributed by atoms with van der Waals surface area (Å²) in [6, 6.07) is 0.266. The molecule has 0 aliphatic carbocycles. The highest BCUT2D eigenvalue weighted by molar-refractivity contribution is 7.11. The van der Waals surface area contributed by atoms with Gasteiger partial charge in [0.15, 0.2) is 0 Å². The summed E-state index contributed by atoms with van der Waals surface area (Å²) in [7, 11) is 3.64. The first-order valence-electron chi connectivity index (χ1n) is 5.03. The summed E-state index contributed by atoms with van der Waals surface area (Å²) < 4.78 is 5.36. The minimum absolute atomic E-state index is 0.167. The first-order chi connectivity index (χ1) is 6.98. The smallest absolute Gasteiger partial charge is 0.134 e. The van der Waals surface area contributed by atoms with Crippen molar-refractivity contribution in [2.75, 3.05) is 14.2 Å². The van der Waals surface area contributed by atoms with Crippen LogP contribution in [0, 0.1) is 0 Å². The fourth-order valence-electron chi connectivity index (χ4n) is 1.07. The number of nitrogens with zero attached hydrogens (tertiary/aromatic N) is 2. The fourth-order valence-corrected chi connectivity index (χ4v) is 2.19. The Morgan fingerprint density at radius 2 is 2.13 bits per heavy atom. The number of aromatic nitrogens is 2. The zero-order valence-corrected chi connectivity index (χ0v) is 10.8. The minimum Gasteiger partial charge on any atom is -0.378 e. The second-order valence-electron chi connectivity index (χ2n) is 4.18. The Morgan fingerprint density at radius 3 is 2.67 bits per heavy atom. The molecule has 1 heterocycles. The summed E-state index contributed by atoms with van der Waals surface area (Å²) in [5.74, 6) is 0. The lowest BCUT2D eigenvalue weighted by atomic mass is 10.1. The van der Waals surface area contributed by atoms with Crippen LogP contribution in [0.5, 0.6) is 0 Å². The molecule has 1 aromatic rings. The molecule has 0 spiro atoms. The van der Waals surface area contributed by atoms with Crippen LogP contribution < -0.4 is 5.32 Å². The number of nitrogens with one attached hydrogen (secondary N) is 1. The van der Waals surface area contributed by atoms with Crippen molar-refractivity contribution in [2.24, 2.45) is 0 Å². The summed E-state index contributed by atoms with van der Waals surface area (Å²) in [6.45, 7) is 6.18. The molecule has 0 saturated carbocycles. The highest BCUT2D eigenvalue weighted by Crippen LogP contribution is 2.22. The van der Waals surface area contributed by atoms with Crippen LogP contribution in [0.3, 0.4) is 0 Å². The Hall–Kier alpha value is -0.520. The van der Waals surface area contributed by atoms with Crippen molar-refractivity contribution in [3.8, 4) is 0 Å². The second kappa shape index (κ2) is 5.01. The molecule has 1 atom stereocenters. The number of rotatable bonds is 5. The molecule has 4 nitrogen and oxygen atoms in total. The van der Waals surface area contributed by atoms with E-state index in [9.17, 15) is 0 Å². The Labute approximate surface area is 95.1 Å². The van der Waals surface area contributed by atoms with Crippen LogP contribution in [-0.4, -0.2) is 30.0 Å². The quantitative estimate of drug-likeness (QED) is 0.836. The fraction of sp³-hybridized carbons (Fsp3) is 0.800. The van der Waals surface area contributed by atoms with Gasteiger partial charge >= 0.3 is 0 Å². The molecular formula is C10H19N3OS. The summed E-state index contributed by atoms with van der Waals surface area (Å²) in [5, 5.41) is 13.5. The molecule has 0 saturated heterocycles. The van der Waals surface area contributed by atoms with Crippen LogP contribution in [0.4, 0.5) is 0 Å². The van der Waals surface area contributed by atoms with Crippen LogP contribution in [0.25, 0.3) is 0 Å². The number of hydrogen-bond donors (Lipinski definition) is 1. The molecule has 0 radical (unpaired) electrons. The van der Waals surface area contributed by atoms with Crippen molar-refractivity contribution in [1.82, 2.24) is 15.5 Å². The van der Waals surface area contributed by atoms with E-state index in [2.05, 4.69) is 36.3 Å². The molecule has 86 valence electrons. The molecule has 1 N–H and O–H groups in total. The van der Waals surface area contributed by atoms with Gasteiger partial charge in [-0.25, -0.2) is 0 Å². The molecule has 0 aromatic carbocycles. The zero-order chi connectivity index (χ0) is 11.5. The average Bonchev–Trinajstić information content (AvgIpc) is 2.64. The first kappa shape index (κ1) is 12.5. The third-order valence-corrected chi connectivity index (χ3v) is 3.52. The van der Waals surface area contributed by atoms with E-state index in [1.54, 1.807) is 18.4 Å². The largest absolute Gasteiger partial charge is 0.378 e. The molecule has 0 fully saturated rings. The lowest BCUT2D eigenvalue weighted by molar-refractivity contribution is 0.0230. The predicted octanol–water partition coefficient (Wildman–Crippen LogP) is 1.79. The van der Waals surface area contributed by atoms with Gasteiger partial charge in [0, 0.05) is 13.5 Å². The summed E-state index contributed by atoms with van der Waals surface area (Å²) in [4.78, 5) is 0. The Kier molecular flexibility index (Phi) is 4.19. The van der Waals surface area contributed by atoms with Gasteiger partial charge in [0.1, 0.15) is 10.0 Å². The Balaban J connectivity index is 2.68. The van der Waals surface area contributed by atoms with Gasteiger partial charge in [-0.15, -0.1) is 10.2 Å². The van der Waals surface area contributed by atoms with Crippen molar-refractivity contribution in [3.63, 3.8) is 0 Å². The van der Waals surface area contributed by atoms with Crippen LogP contribution in [0.1, 0.15) is 36.8 Å².